The molecule has 0 radical (unpaired) electrons. The van der Waals surface area contributed by atoms with Crippen molar-refractivity contribution in [2.45, 2.75) is 38.0 Å². The van der Waals surface area contributed by atoms with E-state index in [4.69, 9.17) is 9.47 Å². The van der Waals surface area contributed by atoms with Crippen LogP contribution in [0.1, 0.15) is 48.0 Å². The van der Waals surface area contributed by atoms with Crippen LogP contribution in [0.25, 0.3) is 0 Å². The Bertz CT molecular complexity index is 1170. The van der Waals surface area contributed by atoms with Gasteiger partial charge in [0.1, 0.15) is 28.9 Å². The summed E-state index contributed by atoms with van der Waals surface area (Å²) in [4.78, 5) is 22.0. The number of nitrogens with one attached hydrogen (secondary N) is 2. The molecule has 0 saturated heterocycles. The fourth-order valence-corrected chi connectivity index (χ4v) is 3.86. The predicted molar refractivity (Wildman–Crippen MR) is 103 cm³/mol. The number of pyridine rings is 1. The number of rotatable bonds is 3. The number of carbonyl (C=O) groups is 1. The molecule has 0 spiro atoms. The summed E-state index contributed by atoms with van der Waals surface area (Å²) in [7, 11) is 0. The topological polar surface area (TPSA) is 89.1 Å². The van der Waals surface area contributed by atoms with E-state index in [0.717, 1.165) is 17.3 Å². The molecule has 7 nitrogen and oxygen atoms in total. The Balaban J connectivity index is 1.39. The van der Waals surface area contributed by atoms with Crippen molar-refractivity contribution in [1.29, 1.82) is 0 Å². The van der Waals surface area contributed by atoms with Crippen LogP contribution in [0.4, 0.5) is 19.0 Å². The van der Waals surface area contributed by atoms with Gasteiger partial charge in [-0.2, -0.15) is 13.2 Å². The third-order valence-electron chi connectivity index (χ3n) is 5.44. The Morgan fingerprint density at radius 2 is 2.06 bits per heavy atom. The van der Waals surface area contributed by atoms with E-state index >= 15 is 0 Å². The molecule has 2 N–H and O–H groups in total. The van der Waals surface area contributed by atoms with E-state index in [1.165, 1.54) is 0 Å². The van der Waals surface area contributed by atoms with Crippen LogP contribution in [-0.4, -0.2) is 20.9 Å². The zero-order valence-corrected chi connectivity index (χ0v) is 16.3. The monoisotopic (exact) mass is 430 g/mol. The van der Waals surface area contributed by atoms with Gasteiger partial charge in [-0.05, 0) is 30.7 Å². The fraction of sp³-hybridized carbons (Fsp3) is 0.286. The van der Waals surface area contributed by atoms with Gasteiger partial charge in [-0.3, -0.25) is 4.79 Å². The van der Waals surface area contributed by atoms with E-state index in [0.29, 0.717) is 35.9 Å². The fourth-order valence-electron chi connectivity index (χ4n) is 3.86. The summed E-state index contributed by atoms with van der Waals surface area (Å²) in [5.41, 5.74) is 0.650. The molecular formula is C21H17F3N4O3. The number of carbonyl (C=O) groups excluding carboxylic acids is 1. The van der Waals surface area contributed by atoms with E-state index in [9.17, 15) is 18.0 Å². The van der Waals surface area contributed by atoms with Crippen LogP contribution in [-0.2, 0) is 17.4 Å². The van der Waals surface area contributed by atoms with Crippen LogP contribution in [0, 0.1) is 0 Å². The maximum atomic E-state index is 12.9. The first-order valence-corrected chi connectivity index (χ1v) is 9.68. The zero-order valence-electron chi connectivity index (χ0n) is 16.3. The average Bonchev–Trinajstić information content (AvgIpc) is 3.33. The van der Waals surface area contributed by atoms with Gasteiger partial charge in [0.2, 0.25) is 5.91 Å². The second-order valence-electron chi connectivity index (χ2n) is 7.48. The lowest BCUT2D eigenvalue weighted by Crippen LogP contribution is -2.20. The summed E-state index contributed by atoms with van der Waals surface area (Å²) in [5, 5.41) is 2.73. The van der Waals surface area contributed by atoms with Gasteiger partial charge >= 0.3 is 6.18 Å². The molecule has 3 aromatic rings. The minimum absolute atomic E-state index is 0.0849. The molecule has 0 aliphatic carbocycles. The SMILES string of the molecule is CC1c2cc(Oc3ccnc4c3CCC(=O)N4)ccc2OC1c1nc(C(F)(F)F)c[nH]1. The number of anilines is 1. The lowest BCUT2D eigenvalue weighted by atomic mass is 9.97. The largest absolute Gasteiger partial charge is 0.482 e. The van der Waals surface area contributed by atoms with Crippen LogP contribution in [0.3, 0.4) is 0 Å². The van der Waals surface area contributed by atoms with Gasteiger partial charge in [-0.25, -0.2) is 9.97 Å². The molecule has 4 heterocycles. The van der Waals surface area contributed by atoms with Crippen molar-refractivity contribution in [1.82, 2.24) is 15.0 Å². The Hall–Kier alpha value is -3.56. The standard InChI is InChI=1S/C21H17F3N4O3/c1-10-13-8-11(30-15-6-7-25-19-12(15)3-5-17(29)28-19)2-4-14(13)31-18(10)20-26-9-16(27-20)21(22,23)24/h2,4,6-10,18H,3,5H2,1H3,(H,26,27)(H,25,28,29). The highest BCUT2D eigenvalue weighted by atomic mass is 19.4. The molecule has 10 heteroatoms. The van der Waals surface area contributed by atoms with Crippen LogP contribution in [0.15, 0.2) is 36.7 Å². The molecule has 2 unspecified atom stereocenters. The molecule has 31 heavy (non-hydrogen) atoms. The zero-order chi connectivity index (χ0) is 21.8. The number of imidazole rings is 1. The number of halogens is 3. The normalized spacial score (nSPS) is 19.9. The molecule has 0 fully saturated rings. The molecule has 2 aliphatic rings. The van der Waals surface area contributed by atoms with Crippen LogP contribution in [0.5, 0.6) is 17.2 Å². The molecule has 1 aromatic carbocycles. The van der Waals surface area contributed by atoms with Crippen molar-refractivity contribution in [3.8, 4) is 17.2 Å². The van der Waals surface area contributed by atoms with E-state index in [1.54, 1.807) is 24.4 Å². The number of fused-ring (bicyclic) bond motifs is 2. The highest BCUT2D eigenvalue weighted by molar-refractivity contribution is 5.93. The van der Waals surface area contributed by atoms with Crippen molar-refractivity contribution in [2.75, 3.05) is 5.32 Å². The quantitative estimate of drug-likeness (QED) is 0.627. The molecule has 5 rings (SSSR count). The molecule has 2 aromatic heterocycles. The first-order chi connectivity index (χ1) is 14.8. The van der Waals surface area contributed by atoms with Gasteiger partial charge < -0.3 is 19.8 Å². The van der Waals surface area contributed by atoms with Gasteiger partial charge in [-0.15, -0.1) is 0 Å². The van der Waals surface area contributed by atoms with E-state index in [1.807, 2.05) is 13.0 Å². The van der Waals surface area contributed by atoms with Gasteiger partial charge in [0, 0.05) is 35.9 Å². The number of benzene rings is 1. The minimum atomic E-state index is -4.52. The summed E-state index contributed by atoms with van der Waals surface area (Å²) in [6.45, 7) is 1.86. The number of hydrogen-bond acceptors (Lipinski definition) is 5. The number of nitrogens with zero attached hydrogens (tertiary/aromatic N) is 2. The number of amides is 1. The van der Waals surface area contributed by atoms with E-state index < -0.39 is 18.0 Å². The van der Waals surface area contributed by atoms with Crippen molar-refractivity contribution in [3.05, 3.63) is 59.3 Å². The number of alkyl halides is 3. The van der Waals surface area contributed by atoms with Crippen LogP contribution in [0.2, 0.25) is 0 Å². The second kappa shape index (κ2) is 7.00. The third-order valence-corrected chi connectivity index (χ3v) is 5.44. The maximum Gasteiger partial charge on any atom is 0.434 e. The summed E-state index contributed by atoms with van der Waals surface area (Å²) < 4.78 is 50.6. The summed E-state index contributed by atoms with van der Waals surface area (Å²) in [5.74, 6) is 2.00. The molecule has 0 saturated carbocycles. The van der Waals surface area contributed by atoms with E-state index in [2.05, 4.69) is 20.3 Å². The number of hydrogen-bond donors (Lipinski definition) is 2. The minimum Gasteiger partial charge on any atom is -0.482 e. The molecule has 1 amide bonds. The first kappa shape index (κ1) is 19.4. The Labute approximate surface area is 174 Å². The van der Waals surface area contributed by atoms with Crippen molar-refractivity contribution in [2.24, 2.45) is 0 Å². The lowest BCUT2D eigenvalue weighted by Gasteiger charge is -2.19. The summed E-state index contributed by atoms with van der Waals surface area (Å²) in [6, 6.07) is 6.99. The maximum absolute atomic E-state index is 12.9. The van der Waals surface area contributed by atoms with E-state index in [-0.39, 0.29) is 17.6 Å². The average molecular weight is 430 g/mol. The Morgan fingerprint density at radius 3 is 2.84 bits per heavy atom. The van der Waals surface area contributed by atoms with Gasteiger partial charge in [0.05, 0.1) is 0 Å². The molecule has 0 bridgehead atoms. The summed E-state index contributed by atoms with van der Waals surface area (Å²) >= 11 is 0. The Kier molecular flexibility index (Phi) is 4.38. The smallest absolute Gasteiger partial charge is 0.434 e. The van der Waals surface area contributed by atoms with Crippen molar-refractivity contribution < 1.29 is 27.4 Å². The third kappa shape index (κ3) is 3.47. The predicted octanol–water partition coefficient (Wildman–Crippen LogP) is 4.74. The Morgan fingerprint density at radius 1 is 1.23 bits per heavy atom. The first-order valence-electron chi connectivity index (χ1n) is 9.68. The number of ether oxygens (including phenoxy) is 2. The number of H-pyrrole nitrogens is 1. The van der Waals surface area contributed by atoms with Gasteiger partial charge in [0.25, 0.3) is 0 Å². The highest BCUT2D eigenvalue weighted by Gasteiger charge is 2.38. The molecule has 2 atom stereocenters. The van der Waals surface area contributed by atoms with Gasteiger partial charge in [0.15, 0.2) is 11.8 Å². The lowest BCUT2D eigenvalue weighted by molar-refractivity contribution is -0.141. The molecule has 2 aliphatic heterocycles. The van der Waals surface area contributed by atoms with Crippen molar-refractivity contribution in [3.63, 3.8) is 0 Å². The summed E-state index contributed by atoms with van der Waals surface area (Å²) in [6.07, 6.45) is -1.90. The van der Waals surface area contributed by atoms with Crippen LogP contribution < -0.4 is 14.8 Å². The van der Waals surface area contributed by atoms with Crippen molar-refractivity contribution >= 4 is 11.7 Å². The number of aromatic nitrogens is 3. The molecule has 160 valence electrons. The van der Waals surface area contributed by atoms with Crippen LogP contribution >= 0.6 is 0 Å². The molecular weight excluding hydrogens is 413 g/mol. The van der Waals surface area contributed by atoms with Gasteiger partial charge in [-0.1, -0.05) is 6.92 Å². The highest BCUT2D eigenvalue weighted by Crippen LogP contribution is 2.47. The second-order valence-corrected chi connectivity index (χ2v) is 7.48. The number of aromatic amines is 1.